The molecule has 1 saturated carbocycles. The molecule has 1 N–H and O–H groups in total. The number of thiocarbonyl (C=S) groups is 1. The molecule has 1 aliphatic heterocycles. The van der Waals surface area contributed by atoms with E-state index in [0.29, 0.717) is 11.6 Å². The average molecular weight is 462 g/mol. The van der Waals surface area contributed by atoms with Gasteiger partial charge in [-0.3, -0.25) is 4.98 Å². The third-order valence-corrected chi connectivity index (χ3v) is 6.94. The number of pyridine rings is 1. The van der Waals surface area contributed by atoms with Crippen LogP contribution in [0.2, 0.25) is 0 Å². The summed E-state index contributed by atoms with van der Waals surface area (Å²) in [4.78, 5) is 18.7. The molecule has 1 saturated heterocycles. The van der Waals surface area contributed by atoms with Crippen molar-refractivity contribution in [3.05, 3.63) is 77.8 Å². The van der Waals surface area contributed by atoms with Crippen LogP contribution in [0.5, 0.6) is 0 Å². The molecule has 2 aliphatic rings. The van der Waals surface area contributed by atoms with Gasteiger partial charge in [0.2, 0.25) is 0 Å². The molecule has 6 nitrogen and oxygen atoms in total. The summed E-state index contributed by atoms with van der Waals surface area (Å²) < 4.78 is 11.2. The molecule has 0 spiro atoms. The van der Waals surface area contributed by atoms with Gasteiger partial charge < -0.3 is 19.4 Å². The second-order valence-electron chi connectivity index (χ2n) is 8.60. The minimum absolute atomic E-state index is 0.0707. The molecule has 3 aromatic rings. The van der Waals surface area contributed by atoms with Crippen LogP contribution in [0.4, 0.5) is 0 Å². The number of hydrogen-bond donors (Lipinski definition) is 1. The fourth-order valence-electron chi connectivity index (χ4n) is 4.98. The van der Waals surface area contributed by atoms with E-state index in [1.165, 1.54) is 26.4 Å². The van der Waals surface area contributed by atoms with Gasteiger partial charge in [0, 0.05) is 17.8 Å². The molecular formula is C26H27N3O3S. The summed E-state index contributed by atoms with van der Waals surface area (Å²) in [7, 11) is 1.38. The quantitative estimate of drug-likeness (QED) is 0.401. The van der Waals surface area contributed by atoms with Crippen LogP contribution in [0.3, 0.4) is 0 Å². The van der Waals surface area contributed by atoms with Crippen molar-refractivity contribution in [2.75, 3.05) is 7.11 Å². The zero-order valence-corrected chi connectivity index (χ0v) is 19.4. The van der Waals surface area contributed by atoms with E-state index in [2.05, 4.69) is 15.2 Å². The molecule has 0 amide bonds. The highest BCUT2D eigenvalue weighted by molar-refractivity contribution is 7.80. The third kappa shape index (κ3) is 4.25. The van der Waals surface area contributed by atoms with Crippen LogP contribution in [0.25, 0.3) is 11.3 Å². The van der Waals surface area contributed by atoms with Gasteiger partial charge in [0.05, 0.1) is 24.4 Å². The van der Waals surface area contributed by atoms with Crippen LogP contribution < -0.4 is 5.32 Å². The van der Waals surface area contributed by atoms with Crippen molar-refractivity contribution in [2.24, 2.45) is 0 Å². The monoisotopic (exact) mass is 461 g/mol. The molecule has 2 atom stereocenters. The first-order chi connectivity index (χ1) is 16.2. The summed E-state index contributed by atoms with van der Waals surface area (Å²) in [6, 6.07) is 17.5. The van der Waals surface area contributed by atoms with Gasteiger partial charge in [-0.25, -0.2) is 4.79 Å². The number of carbonyl (C=O) groups is 1. The Morgan fingerprint density at radius 2 is 1.88 bits per heavy atom. The van der Waals surface area contributed by atoms with Gasteiger partial charge in [0.25, 0.3) is 0 Å². The molecule has 33 heavy (non-hydrogen) atoms. The summed E-state index contributed by atoms with van der Waals surface area (Å²) in [5.74, 6) is 1.26. The number of ether oxygens (including phenoxy) is 1. The lowest BCUT2D eigenvalue weighted by molar-refractivity contribution is 0.0600. The molecular weight excluding hydrogens is 434 g/mol. The van der Waals surface area contributed by atoms with Crippen molar-refractivity contribution in [1.29, 1.82) is 0 Å². The molecule has 1 aliphatic carbocycles. The molecule has 170 valence electrons. The average Bonchev–Trinajstić information content (AvgIpc) is 3.49. The fraction of sp³-hybridized carbons (Fsp3) is 0.346. The van der Waals surface area contributed by atoms with Crippen LogP contribution >= 0.6 is 12.2 Å². The van der Waals surface area contributed by atoms with E-state index < -0.39 is 0 Å². The third-order valence-electron chi connectivity index (χ3n) is 6.61. The lowest BCUT2D eigenvalue weighted by Crippen LogP contribution is -2.40. The summed E-state index contributed by atoms with van der Waals surface area (Å²) >= 11 is 5.83. The molecule has 0 radical (unpaired) electrons. The topological polar surface area (TPSA) is 67.6 Å². The van der Waals surface area contributed by atoms with Crippen LogP contribution in [0, 0.1) is 0 Å². The Balaban J connectivity index is 1.49. The van der Waals surface area contributed by atoms with Gasteiger partial charge in [-0.15, -0.1) is 0 Å². The lowest BCUT2D eigenvalue weighted by Gasteiger charge is -2.36. The second kappa shape index (κ2) is 9.35. The van der Waals surface area contributed by atoms with E-state index in [9.17, 15) is 4.79 Å². The predicted molar refractivity (Wildman–Crippen MR) is 130 cm³/mol. The van der Waals surface area contributed by atoms with E-state index in [1.807, 2.05) is 48.7 Å². The first-order valence-electron chi connectivity index (χ1n) is 11.4. The zero-order valence-electron chi connectivity index (χ0n) is 18.6. The number of carbonyl (C=O) groups excluding carboxylic acids is 1. The maximum Gasteiger partial charge on any atom is 0.337 e. The highest BCUT2D eigenvalue weighted by Crippen LogP contribution is 2.43. The molecule has 5 rings (SSSR count). The molecule has 0 unspecified atom stereocenters. The van der Waals surface area contributed by atoms with Gasteiger partial charge in [0.15, 0.2) is 5.11 Å². The maximum atomic E-state index is 11.8. The van der Waals surface area contributed by atoms with E-state index in [0.717, 1.165) is 40.7 Å². The van der Waals surface area contributed by atoms with Crippen LogP contribution in [-0.2, 0) is 4.74 Å². The van der Waals surface area contributed by atoms with Crippen molar-refractivity contribution < 1.29 is 13.9 Å². The van der Waals surface area contributed by atoms with Gasteiger partial charge in [-0.1, -0.05) is 37.5 Å². The van der Waals surface area contributed by atoms with E-state index >= 15 is 0 Å². The number of esters is 1. The van der Waals surface area contributed by atoms with Crippen molar-refractivity contribution in [2.45, 2.75) is 50.2 Å². The Kier molecular flexibility index (Phi) is 6.13. The normalized spacial score (nSPS) is 21.1. The number of methoxy groups -OCH3 is 1. The Labute approximate surface area is 199 Å². The van der Waals surface area contributed by atoms with E-state index in [4.69, 9.17) is 21.4 Å². The minimum atomic E-state index is -0.353. The molecule has 1 aromatic carbocycles. The lowest BCUT2D eigenvalue weighted by atomic mass is 9.92. The van der Waals surface area contributed by atoms with Crippen LogP contribution in [0.1, 0.15) is 66.0 Å². The first kappa shape index (κ1) is 21.6. The Morgan fingerprint density at radius 1 is 1.09 bits per heavy atom. The molecule has 2 aromatic heterocycles. The number of aromatic nitrogens is 1. The Bertz CT molecular complexity index is 1120. The fourth-order valence-corrected chi connectivity index (χ4v) is 5.37. The summed E-state index contributed by atoms with van der Waals surface area (Å²) in [5.41, 5.74) is 2.36. The summed E-state index contributed by atoms with van der Waals surface area (Å²) in [6.45, 7) is 0. The Hall–Kier alpha value is -3.19. The standard InChI is InChI=1S/C26H27N3O3S/c1-31-25(30)18-12-10-17(11-13-18)21-14-15-22(32-21)24-23(20-9-5-6-16-27-20)28-26(33)29(24)19-7-3-2-4-8-19/h5-6,9-16,19,23-24H,2-4,7-8H2,1H3,(H,28,33)/t23-,24+/m0/s1. The van der Waals surface area contributed by atoms with Crippen molar-refractivity contribution >= 4 is 23.3 Å². The van der Waals surface area contributed by atoms with Crippen molar-refractivity contribution in [3.8, 4) is 11.3 Å². The first-order valence-corrected chi connectivity index (χ1v) is 11.8. The maximum absolute atomic E-state index is 11.8. The van der Waals surface area contributed by atoms with Crippen LogP contribution in [-0.4, -0.2) is 34.1 Å². The molecule has 2 fully saturated rings. The second-order valence-corrected chi connectivity index (χ2v) is 8.98. The van der Waals surface area contributed by atoms with Gasteiger partial charge >= 0.3 is 5.97 Å². The van der Waals surface area contributed by atoms with Gasteiger partial charge in [0.1, 0.15) is 17.6 Å². The highest BCUT2D eigenvalue weighted by atomic mass is 32.1. The minimum Gasteiger partial charge on any atom is -0.465 e. The van der Waals surface area contributed by atoms with Gasteiger partial charge in [-0.05, 0) is 61.5 Å². The van der Waals surface area contributed by atoms with E-state index in [1.54, 1.807) is 12.1 Å². The smallest absolute Gasteiger partial charge is 0.337 e. The van der Waals surface area contributed by atoms with E-state index in [-0.39, 0.29) is 18.1 Å². The number of rotatable bonds is 5. The zero-order chi connectivity index (χ0) is 22.8. The highest BCUT2D eigenvalue weighted by Gasteiger charge is 2.44. The van der Waals surface area contributed by atoms with Crippen molar-refractivity contribution in [3.63, 3.8) is 0 Å². The molecule has 0 bridgehead atoms. The SMILES string of the molecule is COC(=O)c1ccc(-c2ccc([C@@H]3[C@H](c4ccccn4)NC(=S)N3C3CCCCC3)o2)cc1. The number of hydrogen-bond acceptors (Lipinski definition) is 5. The summed E-state index contributed by atoms with van der Waals surface area (Å²) in [5, 5.41) is 4.29. The van der Waals surface area contributed by atoms with Crippen LogP contribution in [0.15, 0.2) is 65.2 Å². The largest absolute Gasteiger partial charge is 0.465 e. The van der Waals surface area contributed by atoms with Crippen molar-refractivity contribution in [1.82, 2.24) is 15.2 Å². The Morgan fingerprint density at radius 3 is 2.58 bits per heavy atom. The number of furan rings is 1. The number of nitrogens with zero attached hydrogens (tertiary/aromatic N) is 2. The molecule has 3 heterocycles. The van der Waals surface area contributed by atoms with Gasteiger partial charge in [-0.2, -0.15) is 0 Å². The molecule has 7 heteroatoms. The number of nitrogens with one attached hydrogen (secondary N) is 1. The predicted octanol–water partition coefficient (Wildman–Crippen LogP) is 5.43. The summed E-state index contributed by atoms with van der Waals surface area (Å²) in [6.07, 6.45) is 7.81. The number of benzene rings is 1.